The zero-order valence-corrected chi connectivity index (χ0v) is 13.1. The van der Waals surface area contributed by atoms with Crippen LogP contribution in [0.25, 0.3) is 0 Å². The Morgan fingerprint density at radius 1 is 1.14 bits per heavy atom. The van der Waals surface area contributed by atoms with Crippen molar-refractivity contribution in [3.8, 4) is 0 Å². The van der Waals surface area contributed by atoms with Gasteiger partial charge in [0, 0.05) is 10.6 Å². The highest BCUT2D eigenvalue weighted by Gasteiger charge is 2.30. The Bertz CT molecular complexity index is 784. The largest absolute Gasteiger partial charge is 0.479 e. The monoisotopic (exact) mass is 340 g/mol. The molecule has 0 heterocycles. The van der Waals surface area contributed by atoms with Crippen molar-refractivity contribution in [2.75, 3.05) is 0 Å². The molecule has 2 aromatic carbocycles. The molecule has 116 valence electrons. The molecule has 0 bridgehead atoms. The number of benzene rings is 2. The minimum atomic E-state index is -4.23. The second-order valence-corrected chi connectivity index (χ2v) is 6.58. The summed E-state index contributed by atoms with van der Waals surface area (Å²) in [5, 5.41) is 9.38. The Hall–Kier alpha value is -1.89. The van der Waals surface area contributed by atoms with Crippen molar-refractivity contribution in [2.24, 2.45) is 0 Å². The van der Waals surface area contributed by atoms with Crippen molar-refractivity contribution in [3.05, 3.63) is 64.7 Å². The van der Waals surface area contributed by atoms with Gasteiger partial charge in [0.2, 0.25) is 6.10 Å². The average Bonchev–Trinajstić information content (AvgIpc) is 2.46. The first kappa shape index (κ1) is 16.5. The first-order valence-corrected chi connectivity index (χ1v) is 8.07. The molecule has 0 aliphatic heterocycles. The van der Waals surface area contributed by atoms with Crippen molar-refractivity contribution in [3.63, 3.8) is 0 Å². The van der Waals surface area contributed by atoms with E-state index in [1.54, 1.807) is 31.2 Å². The van der Waals surface area contributed by atoms with Crippen LogP contribution in [0.3, 0.4) is 0 Å². The Kier molecular flexibility index (Phi) is 4.85. The van der Waals surface area contributed by atoms with Crippen LogP contribution in [0.5, 0.6) is 0 Å². The highest BCUT2D eigenvalue weighted by Crippen LogP contribution is 2.29. The first-order chi connectivity index (χ1) is 10.3. The minimum Gasteiger partial charge on any atom is -0.479 e. The zero-order chi connectivity index (χ0) is 16.3. The SMILES string of the molecule is Cc1ccc(S(=O)(=O)OC(C(=O)O)c2ccccc2Cl)cc1. The number of hydrogen-bond donors (Lipinski definition) is 1. The van der Waals surface area contributed by atoms with Gasteiger partial charge in [0.25, 0.3) is 10.1 Å². The lowest BCUT2D eigenvalue weighted by atomic mass is 10.1. The summed E-state index contributed by atoms with van der Waals surface area (Å²) in [6.45, 7) is 1.81. The molecule has 0 spiro atoms. The second-order valence-electron chi connectivity index (χ2n) is 4.60. The Labute approximate surface area is 133 Å². The van der Waals surface area contributed by atoms with Gasteiger partial charge >= 0.3 is 5.97 Å². The van der Waals surface area contributed by atoms with E-state index in [0.717, 1.165) is 5.56 Å². The molecule has 0 fully saturated rings. The van der Waals surface area contributed by atoms with Crippen LogP contribution in [0.15, 0.2) is 53.4 Å². The smallest absolute Gasteiger partial charge is 0.339 e. The maximum atomic E-state index is 12.2. The average molecular weight is 341 g/mol. The van der Waals surface area contributed by atoms with Gasteiger partial charge < -0.3 is 5.11 Å². The highest BCUT2D eigenvalue weighted by molar-refractivity contribution is 7.86. The summed E-state index contributed by atoms with van der Waals surface area (Å²) < 4.78 is 29.3. The van der Waals surface area contributed by atoms with Crippen LogP contribution < -0.4 is 0 Å². The van der Waals surface area contributed by atoms with Gasteiger partial charge in [-0.1, -0.05) is 47.5 Å². The number of carboxylic acids is 1. The van der Waals surface area contributed by atoms with Crippen LogP contribution in [0.2, 0.25) is 5.02 Å². The van der Waals surface area contributed by atoms with Crippen molar-refractivity contribution in [2.45, 2.75) is 17.9 Å². The molecular weight excluding hydrogens is 328 g/mol. The lowest BCUT2D eigenvalue weighted by molar-refractivity contribution is -0.145. The van der Waals surface area contributed by atoms with Crippen molar-refractivity contribution >= 4 is 27.7 Å². The normalized spacial score (nSPS) is 12.8. The molecule has 2 aromatic rings. The van der Waals surface area contributed by atoms with Gasteiger partial charge in [0.1, 0.15) is 0 Å². The van der Waals surface area contributed by atoms with E-state index < -0.39 is 22.2 Å². The fourth-order valence-corrected chi connectivity index (χ4v) is 3.06. The summed E-state index contributed by atoms with van der Waals surface area (Å²) in [5.74, 6) is -1.44. The van der Waals surface area contributed by atoms with Crippen LogP contribution in [-0.4, -0.2) is 19.5 Å². The zero-order valence-electron chi connectivity index (χ0n) is 11.6. The third-order valence-electron chi connectivity index (χ3n) is 2.94. The fourth-order valence-electron chi connectivity index (χ4n) is 1.80. The van der Waals surface area contributed by atoms with Gasteiger partial charge in [-0.15, -0.1) is 0 Å². The van der Waals surface area contributed by atoms with E-state index >= 15 is 0 Å². The van der Waals surface area contributed by atoms with Crippen LogP contribution in [0.4, 0.5) is 0 Å². The standard InChI is InChI=1S/C15H13ClO5S/c1-10-6-8-11(9-7-10)22(19,20)21-14(15(17)18)12-4-2-3-5-13(12)16/h2-9,14H,1H3,(H,17,18). The summed E-state index contributed by atoms with van der Waals surface area (Å²) >= 11 is 5.92. The van der Waals surface area contributed by atoms with Gasteiger partial charge in [0.15, 0.2) is 0 Å². The minimum absolute atomic E-state index is 0.0763. The lowest BCUT2D eigenvalue weighted by Crippen LogP contribution is -2.20. The molecular formula is C15H13ClO5S. The van der Waals surface area contributed by atoms with Crippen LogP contribution >= 0.6 is 11.6 Å². The lowest BCUT2D eigenvalue weighted by Gasteiger charge is -2.15. The van der Waals surface area contributed by atoms with E-state index in [4.69, 9.17) is 15.8 Å². The molecule has 0 saturated carbocycles. The Morgan fingerprint density at radius 2 is 1.73 bits per heavy atom. The van der Waals surface area contributed by atoms with Gasteiger partial charge in [-0.2, -0.15) is 8.42 Å². The molecule has 7 heteroatoms. The van der Waals surface area contributed by atoms with Gasteiger partial charge in [-0.3, -0.25) is 0 Å². The number of hydrogen-bond acceptors (Lipinski definition) is 4. The van der Waals surface area contributed by atoms with E-state index in [-0.39, 0.29) is 15.5 Å². The predicted octanol–water partition coefficient (Wildman–Crippen LogP) is 3.18. The molecule has 2 rings (SSSR count). The summed E-state index contributed by atoms with van der Waals surface area (Å²) in [4.78, 5) is 11.3. The van der Waals surface area contributed by atoms with Crippen LogP contribution in [-0.2, 0) is 19.1 Å². The third-order valence-corrected chi connectivity index (χ3v) is 4.58. The molecule has 0 aliphatic rings. The van der Waals surface area contributed by atoms with E-state index in [9.17, 15) is 18.3 Å². The molecule has 0 aliphatic carbocycles. The topological polar surface area (TPSA) is 80.7 Å². The highest BCUT2D eigenvalue weighted by atomic mass is 35.5. The molecule has 22 heavy (non-hydrogen) atoms. The Balaban J connectivity index is 2.38. The van der Waals surface area contributed by atoms with Crippen LogP contribution in [0, 0.1) is 6.92 Å². The third kappa shape index (κ3) is 3.65. The number of rotatable bonds is 5. The molecule has 1 N–H and O–H groups in total. The van der Waals surface area contributed by atoms with Crippen molar-refractivity contribution in [1.29, 1.82) is 0 Å². The summed E-state index contributed by atoms with van der Waals surface area (Å²) in [5.41, 5.74) is 0.951. The molecule has 0 amide bonds. The second kappa shape index (κ2) is 6.48. The molecule has 1 atom stereocenters. The van der Waals surface area contributed by atoms with Crippen LogP contribution in [0.1, 0.15) is 17.2 Å². The van der Waals surface area contributed by atoms with Gasteiger partial charge in [0.05, 0.1) is 4.90 Å². The van der Waals surface area contributed by atoms with E-state index in [0.29, 0.717) is 0 Å². The maximum Gasteiger partial charge on any atom is 0.339 e. The number of carbonyl (C=O) groups is 1. The number of aliphatic carboxylic acids is 1. The number of carboxylic acid groups (broad SMARTS) is 1. The fraction of sp³-hybridized carbons (Fsp3) is 0.133. The first-order valence-electron chi connectivity index (χ1n) is 6.28. The van der Waals surface area contributed by atoms with Gasteiger partial charge in [-0.05, 0) is 25.1 Å². The molecule has 0 aromatic heterocycles. The van der Waals surface area contributed by atoms with E-state index in [1.165, 1.54) is 24.3 Å². The summed E-state index contributed by atoms with van der Waals surface area (Å²) in [6.07, 6.45) is -1.71. The predicted molar refractivity (Wildman–Crippen MR) is 81.3 cm³/mol. The number of halogens is 1. The van der Waals surface area contributed by atoms with Crippen molar-refractivity contribution < 1.29 is 22.5 Å². The van der Waals surface area contributed by atoms with Gasteiger partial charge in [-0.25, -0.2) is 8.98 Å². The maximum absolute atomic E-state index is 12.2. The molecule has 0 saturated heterocycles. The summed E-state index contributed by atoms with van der Waals surface area (Å²) in [7, 11) is -4.23. The van der Waals surface area contributed by atoms with Crippen molar-refractivity contribution in [1.82, 2.24) is 0 Å². The van der Waals surface area contributed by atoms with E-state index in [1.807, 2.05) is 0 Å². The molecule has 1 unspecified atom stereocenters. The molecule has 0 radical (unpaired) electrons. The number of aryl methyl sites for hydroxylation is 1. The summed E-state index contributed by atoms with van der Waals surface area (Å²) in [6, 6.07) is 12.0. The quantitative estimate of drug-likeness (QED) is 0.845. The molecule has 5 nitrogen and oxygen atoms in total. The van der Waals surface area contributed by atoms with E-state index in [2.05, 4.69) is 0 Å². The Morgan fingerprint density at radius 3 is 2.27 bits per heavy atom.